The van der Waals surface area contributed by atoms with Crippen molar-refractivity contribution in [2.45, 2.75) is 213 Å². The molecule has 1 atom stereocenters. The van der Waals surface area contributed by atoms with Crippen LogP contribution in [0.1, 0.15) is 125 Å². The Morgan fingerprint density at radius 3 is 0.951 bits per heavy atom. The maximum atomic E-state index is 9.49. The number of halogens is 2. The molecule has 0 bridgehead atoms. The van der Waals surface area contributed by atoms with Crippen LogP contribution >= 0.6 is 22.5 Å². The van der Waals surface area contributed by atoms with Crippen LogP contribution in [0, 0.1) is 20.8 Å². The van der Waals surface area contributed by atoms with Crippen LogP contribution in [0.25, 0.3) is 0 Å². The van der Waals surface area contributed by atoms with Gasteiger partial charge in [-0.25, -0.2) is 0 Å². The molecule has 10 heteroatoms. The summed E-state index contributed by atoms with van der Waals surface area (Å²) < 4.78 is 0. The minimum absolute atomic E-state index is 0.312. The SMILES string of the molecule is Cc1cc(C)c([Si](Cl)(B(Cl)c2c(C(C)C)cc(C(C)C)cc2C(C)C)c2c(C([Si](C)(C)C)[Si](C)(C)C)cc(C([Si](C)(C)C)[Si](C)(C)C)cc2C([Si](C)(C)C)[Si](C)(C)C)c(C)c1. The molecule has 342 valence electrons. The van der Waals surface area contributed by atoms with E-state index in [0.29, 0.717) is 33.2 Å². The predicted octanol–water partition coefficient (Wildman–Crippen LogP) is 16.0. The largest absolute Gasteiger partial charge is 0.302 e. The maximum Gasteiger partial charge on any atom is 0.302 e. The molecule has 0 spiro atoms. The van der Waals surface area contributed by atoms with Crippen molar-refractivity contribution >= 4 is 99.8 Å². The number of rotatable bonds is 16. The van der Waals surface area contributed by atoms with Gasteiger partial charge < -0.3 is 0 Å². The van der Waals surface area contributed by atoms with Gasteiger partial charge in [-0.1, -0.05) is 218 Å². The molecule has 0 nitrogen and oxygen atoms in total. The molecule has 1 unspecified atom stereocenters. The molecule has 0 fully saturated rings. The van der Waals surface area contributed by atoms with Crippen LogP contribution in [0.4, 0.5) is 0 Å². The second-order valence-corrected chi connectivity index (χ2v) is 66.2. The molecule has 0 aliphatic heterocycles. The van der Waals surface area contributed by atoms with Gasteiger partial charge in [0.05, 0.1) is 0 Å². The second kappa shape index (κ2) is 18.8. The summed E-state index contributed by atoms with van der Waals surface area (Å²) >= 11 is 18.3. The minimum Gasteiger partial charge on any atom is -0.190 e. The van der Waals surface area contributed by atoms with E-state index >= 15 is 0 Å². The van der Waals surface area contributed by atoms with Crippen LogP contribution < -0.4 is 15.8 Å². The van der Waals surface area contributed by atoms with Crippen LogP contribution in [-0.2, 0) is 0 Å². The normalized spacial score (nSPS) is 15.0. The summed E-state index contributed by atoms with van der Waals surface area (Å²) in [6, 6.07) is 15.6. The van der Waals surface area contributed by atoms with Gasteiger partial charge in [-0.05, 0) is 97.8 Å². The summed E-state index contributed by atoms with van der Waals surface area (Å²) in [5.74, 6) is 1.05. The summed E-state index contributed by atoms with van der Waals surface area (Å²) in [6.45, 7) is 69.2. The number of hydrogen-bond acceptors (Lipinski definition) is 0. The predicted molar refractivity (Wildman–Crippen MR) is 306 cm³/mol. The molecule has 0 radical (unpaired) electrons. The van der Waals surface area contributed by atoms with Gasteiger partial charge in [0, 0.05) is 48.4 Å². The first-order valence-electron chi connectivity index (χ1n) is 23.9. The van der Waals surface area contributed by atoms with Crippen molar-refractivity contribution in [1.29, 1.82) is 0 Å². The Labute approximate surface area is 396 Å². The highest BCUT2D eigenvalue weighted by molar-refractivity contribution is 7.75. The van der Waals surface area contributed by atoms with Crippen molar-refractivity contribution in [1.82, 2.24) is 0 Å². The zero-order chi connectivity index (χ0) is 47.7. The average Bonchev–Trinajstić information content (AvgIpc) is 2.98. The minimum atomic E-state index is -3.49. The van der Waals surface area contributed by atoms with E-state index in [4.69, 9.17) is 11.5 Å². The van der Waals surface area contributed by atoms with E-state index in [1.165, 1.54) is 44.0 Å². The first kappa shape index (κ1) is 55.2. The highest BCUT2D eigenvalue weighted by atomic mass is 35.6. The van der Waals surface area contributed by atoms with Crippen LogP contribution in [0.2, 0.25) is 118 Å². The van der Waals surface area contributed by atoms with Crippen LogP contribution in [0.3, 0.4) is 0 Å². The Balaban J connectivity index is 3.11. The molecular formula is C51H93BCl2Si7. The molecule has 0 saturated heterocycles. The maximum absolute atomic E-state index is 9.49. The molecular weight excluding hydrogens is 891 g/mol. The standard InChI is InChI=1S/C51H93BCl2Si7/c1-34(2)40-30-42(35(3)4)46(43(31-40)36(5)6)52(53)61(54,47-38(8)28-37(7)29-39(47)9)48-44(50(57(16,17)18)58(19,20)21)32-41(49(55(10,11)12)56(13,14)15)33-45(48)51(59(22,23)24)60(25,26)27/h28-36,49-51H,1-27H3. The van der Waals surface area contributed by atoms with Gasteiger partial charge in [-0.3, -0.25) is 0 Å². The van der Waals surface area contributed by atoms with Gasteiger partial charge in [-0.2, -0.15) is 22.5 Å². The van der Waals surface area contributed by atoms with Crippen LogP contribution in [0.5, 0.6) is 0 Å². The number of hydrogen-bond donors (Lipinski definition) is 0. The Hall–Kier alpha value is -0.177. The van der Waals surface area contributed by atoms with Gasteiger partial charge in [0.15, 0.2) is 0 Å². The fourth-order valence-electron chi connectivity index (χ4n) is 13.2. The topological polar surface area (TPSA) is 0 Å². The van der Waals surface area contributed by atoms with E-state index in [0.717, 1.165) is 0 Å². The molecule has 0 heterocycles. The Kier molecular flexibility index (Phi) is 17.0. The third-order valence-electron chi connectivity index (χ3n) is 13.6. The quantitative estimate of drug-likeness (QED) is 0.0991. The highest BCUT2D eigenvalue weighted by Crippen LogP contribution is 2.46. The molecule has 0 aromatic heterocycles. The van der Waals surface area contributed by atoms with Crippen molar-refractivity contribution < 1.29 is 0 Å². The zero-order valence-corrected chi connectivity index (χ0v) is 53.3. The summed E-state index contributed by atoms with van der Waals surface area (Å²) in [7, 11) is -14.3. The zero-order valence-electron chi connectivity index (χ0n) is 44.8. The molecule has 3 rings (SSSR count). The molecule has 3 aromatic carbocycles. The second-order valence-electron chi connectivity index (χ2n) is 27.0. The fourth-order valence-corrected chi connectivity index (χ4v) is 58.7. The third-order valence-corrected chi connectivity index (χ3v) is 48.6. The molecule has 0 saturated carbocycles. The third kappa shape index (κ3) is 11.9. The first-order chi connectivity index (χ1) is 27.1. The van der Waals surface area contributed by atoms with E-state index in [2.05, 4.69) is 217 Å². The molecule has 0 amide bonds. The van der Waals surface area contributed by atoms with E-state index in [1.54, 1.807) is 21.9 Å². The van der Waals surface area contributed by atoms with Crippen molar-refractivity contribution in [3.05, 3.63) is 86.5 Å². The number of aryl methyl sites for hydroxylation is 3. The van der Waals surface area contributed by atoms with E-state index in [9.17, 15) is 11.1 Å². The van der Waals surface area contributed by atoms with Gasteiger partial charge in [0.25, 0.3) is 0 Å². The average molecular weight is 985 g/mol. The summed E-state index contributed by atoms with van der Waals surface area (Å²) in [6.07, 6.45) is 0. The molecule has 0 N–H and O–H groups in total. The summed E-state index contributed by atoms with van der Waals surface area (Å²) in [5, 5.41) is 4.57. The van der Waals surface area contributed by atoms with Crippen LogP contribution in [0.15, 0.2) is 36.4 Å². The molecule has 3 aromatic rings. The van der Waals surface area contributed by atoms with E-state index in [1.807, 2.05) is 0 Å². The molecule has 61 heavy (non-hydrogen) atoms. The lowest BCUT2D eigenvalue weighted by Gasteiger charge is -2.48. The highest BCUT2D eigenvalue weighted by Gasteiger charge is 2.57. The Morgan fingerprint density at radius 2 is 0.689 bits per heavy atom. The first-order valence-corrected chi connectivity index (χ1v) is 48.9. The lowest BCUT2D eigenvalue weighted by molar-refractivity contribution is 0.813. The van der Waals surface area contributed by atoms with E-state index < -0.39 is 55.7 Å². The van der Waals surface area contributed by atoms with Gasteiger partial charge in [-0.15, -0.1) is 0 Å². The van der Waals surface area contributed by atoms with Crippen molar-refractivity contribution in [2.75, 3.05) is 0 Å². The fraction of sp³-hybridized carbons (Fsp3) is 0.647. The smallest absolute Gasteiger partial charge is 0.190 e. The molecule has 0 aliphatic carbocycles. The monoisotopic (exact) mass is 983 g/mol. The summed E-state index contributed by atoms with van der Waals surface area (Å²) in [4.78, 5) is 0. The van der Waals surface area contributed by atoms with Gasteiger partial charge >= 0.3 is 5.72 Å². The van der Waals surface area contributed by atoms with Crippen LogP contribution in [-0.4, -0.2) is 61.4 Å². The Morgan fingerprint density at radius 1 is 0.393 bits per heavy atom. The van der Waals surface area contributed by atoms with E-state index in [-0.39, 0.29) is 5.72 Å². The van der Waals surface area contributed by atoms with Crippen molar-refractivity contribution in [2.24, 2.45) is 0 Å². The summed E-state index contributed by atoms with van der Waals surface area (Å²) in [5.41, 5.74) is 14.0. The Bertz CT molecular complexity index is 1880. The van der Waals surface area contributed by atoms with Gasteiger partial charge in [0.2, 0.25) is 7.25 Å². The lowest BCUT2D eigenvalue weighted by atomic mass is 9.74. The van der Waals surface area contributed by atoms with Crippen molar-refractivity contribution in [3.8, 4) is 0 Å². The number of benzene rings is 3. The van der Waals surface area contributed by atoms with Gasteiger partial charge in [0.1, 0.15) is 0 Å². The molecule has 0 aliphatic rings. The van der Waals surface area contributed by atoms with Crippen molar-refractivity contribution in [3.63, 3.8) is 0 Å². The lowest BCUT2D eigenvalue weighted by Crippen LogP contribution is -2.72.